The first-order valence-corrected chi connectivity index (χ1v) is 8.91. The van der Waals surface area contributed by atoms with Gasteiger partial charge in [-0.1, -0.05) is 24.3 Å². The number of hydrogen-bond donors (Lipinski definition) is 1. The first-order chi connectivity index (χ1) is 11.1. The number of hydrogen-bond acceptors (Lipinski definition) is 4. The van der Waals surface area contributed by atoms with Gasteiger partial charge in [0.05, 0.1) is 16.6 Å². The Morgan fingerprint density at radius 2 is 1.71 bits per heavy atom. The number of rotatable bonds is 5. The Hall–Kier alpha value is -2.02. The molecule has 130 valence electrons. The molecule has 2 aromatic rings. The van der Waals surface area contributed by atoms with Gasteiger partial charge in [-0.05, 0) is 38.5 Å². The van der Waals surface area contributed by atoms with E-state index < -0.39 is 21.0 Å². The fourth-order valence-electron chi connectivity index (χ4n) is 1.94. The molecular weight excluding hydrogens is 334 g/mol. The summed E-state index contributed by atoms with van der Waals surface area (Å²) in [6, 6.07) is 9.13. The molecule has 0 atom stereocenters. The molecule has 2 rings (SSSR count). The molecule has 7 heteroatoms. The van der Waals surface area contributed by atoms with Crippen molar-refractivity contribution in [2.75, 3.05) is 5.32 Å². The highest BCUT2D eigenvalue weighted by molar-refractivity contribution is 7.92. The van der Waals surface area contributed by atoms with E-state index in [-0.39, 0.29) is 10.6 Å². The third-order valence-corrected chi connectivity index (χ3v) is 5.95. The van der Waals surface area contributed by atoms with Gasteiger partial charge in [-0.3, -0.25) is 0 Å². The number of aromatic nitrogens is 1. The third-order valence-electron chi connectivity index (χ3n) is 3.55. The Kier molecular flexibility index (Phi) is 5.22. The molecule has 1 N–H and O–H groups in total. The SMILES string of the molecule is CC(C)(C)S(=O)(=O)c1ccc(NCc2ccc(C(F)F)cc2)cn1. The second-order valence-corrected chi connectivity index (χ2v) is 9.05. The van der Waals surface area contributed by atoms with Gasteiger partial charge in [0, 0.05) is 12.1 Å². The Labute approximate surface area is 140 Å². The molecule has 1 aromatic carbocycles. The number of anilines is 1. The summed E-state index contributed by atoms with van der Waals surface area (Å²) in [5, 5.41) is 3.11. The molecule has 0 aliphatic rings. The van der Waals surface area contributed by atoms with Crippen molar-refractivity contribution in [3.63, 3.8) is 0 Å². The van der Waals surface area contributed by atoms with Crippen molar-refractivity contribution in [3.8, 4) is 0 Å². The van der Waals surface area contributed by atoms with Crippen molar-refractivity contribution in [3.05, 3.63) is 53.7 Å². The standard InChI is InChI=1S/C17H20F2N2O2S/c1-17(2,3)24(22,23)15-9-8-14(11-21-15)20-10-12-4-6-13(7-5-12)16(18)19/h4-9,11,16,20H,10H2,1-3H3. The van der Waals surface area contributed by atoms with Crippen LogP contribution in [0, 0.1) is 0 Å². The molecule has 0 radical (unpaired) electrons. The zero-order chi connectivity index (χ0) is 18.0. The molecule has 0 saturated heterocycles. The van der Waals surface area contributed by atoms with E-state index >= 15 is 0 Å². The number of pyridine rings is 1. The van der Waals surface area contributed by atoms with E-state index in [0.29, 0.717) is 12.2 Å². The highest BCUT2D eigenvalue weighted by Gasteiger charge is 2.31. The van der Waals surface area contributed by atoms with Crippen LogP contribution in [0.1, 0.15) is 38.3 Å². The van der Waals surface area contributed by atoms with Crippen molar-refractivity contribution in [2.24, 2.45) is 0 Å². The van der Waals surface area contributed by atoms with Gasteiger partial charge in [0.2, 0.25) is 0 Å². The average molecular weight is 354 g/mol. The molecule has 1 aromatic heterocycles. The van der Waals surface area contributed by atoms with E-state index in [1.807, 2.05) is 0 Å². The topological polar surface area (TPSA) is 59.1 Å². The smallest absolute Gasteiger partial charge is 0.263 e. The number of nitrogens with one attached hydrogen (secondary N) is 1. The largest absolute Gasteiger partial charge is 0.380 e. The van der Waals surface area contributed by atoms with Gasteiger partial charge in [-0.2, -0.15) is 0 Å². The minimum absolute atomic E-state index is 0.0165. The zero-order valence-corrected chi connectivity index (χ0v) is 14.6. The van der Waals surface area contributed by atoms with Gasteiger partial charge in [-0.25, -0.2) is 22.2 Å². The first kappa shape index (κ1) is 18.3. The fraction of sp³-hybridized carbons (Fsp3) is 0.353. The summed E-state index contributed by atoms with van der Waals surface area (Å²) in [6.07, 6.45) is -1.03. The second kappa shape index (κ2) is 6.84. The molecule has 0 aliphatic heterocycles. The van der Waals surface area contributed by atoms with Crippen LogP contribution in [0.15, 0.2) is 47.6 Å². The van der Waals surface area contributed by atoms with Crippen LogP contribution in [0.3, 0.4) is 0 Å². The molecule has 0 aliphatic carbocycles. The van der Waals surface area contributed by atoms with Crippen LogP contribution in [0.25, 0.3) is 0 Å². The van der Waals surface area contributed by atoms with Gasteiger partial charge < -0.3 is 5.32 Å². The maximum absolute atomic E-state index is 12.5. The maximum Gasteiger partial charge on any atom is 0.263 e. The monoisotopic (exact) mass is 354 g/mol. The Morgan fingerprint density at radius 3 is 2.17 bits per heavy atom. The van der Waals surface area contributed by atoms with Crippen molar-refractivity contribution < 1.29 is 17.2 Å². The van der Waals surface area contributed by atoms with Crippen LogP contribution >= 0.6 is 0 Å². The third kappa shape index (κ3) is 4.08. The van der Waals surface area contributed by atoms with Crippen molar-refractivity contribution in [2.45, 2.75) is 43.5 Å². The lowest BCUT2D eigenvalue weighted by atomic mass is 10.1. The van der Waals surface area contributed by atoms with Crippen molar-refractivity contribution in [1.29, 1.82) is 0 Å². The predicted octanol–water partition coefficient (Wildman–Crippen LogP) is 4.20. The number of sulfone groups is 1. The van der Waals surface area contributed by atoms with E-state index in [4.69, 9.17) is 0 Å². The lowest BCUT2D eigenvalue weighted by molar-refractivity contribution is 0.151. The molecule has 0 bridgehead atoms. The summed E-state index contributed by atoms with van der Waals surface area (Å²) < 4.78 is 48.6. The van der Waals surface area contributed by atoms with Crippen LogP contribution in [-0.4, -0.2) is 18.1 Å². The van der Waals surface area contributed by atoms with Gasteiger partial charge in [-0.15, -0.1) is 0 Å². The molecule has 0 fully saturated rings. The molecule has 0 saturated carbocycles. The van der Waals surface area contributed by atoms with Crippen LogP contribution in [0.5, 0.6) is 0 Å². The van der Waals surface area contributed by atoms with E-state index in [2.05, 4.69) is 10.3 Å². The summed E-state index contributed by atoms with van der Waals surface area (Å²) in [5.41, 5.74) is 1.48. The van der Waals surface area contributed by atoms with E-state index in [0.717, 1.165) is 5.56 Å². The second-order valence-electron chi connectivity index (χ2n) is 6.40. The van der Waals surface area contributed by atoms with Crippen LogP contribution < -0.4 is 5.32 Å². The highest BCUT2D eigenvalue weighted by atomic mass is 32.2. The lowest BCUT2D eigenvalue weighted by Gasteiger charge is -2.18. The number of benzene rings is 1. The molecule has 1 heterocycles. The maximum atomic E-state index is 12.5. The summed E-state index contributed by atoms with van der Waals surface area (Å²) in [4.78, 5) is 4.02. The van der Waals surface area contributed by atoms with E-state index in [9.17, 15) is 17.2 Å². The highest BCUT2D eigenvalue weighted by Crippen LogP contribution is 2.24. The quantitative estimate of drug-likeness (QED) is 0.874. The normalized spacial score (nSPS) is 12.4. The average Bonchev–Trinajstić information content (AvgIpc) is 2.52. The van der Waals surface area contributed by atoms with Gasteiger partial charge in [0.1, 0.15) is 0 Å². The number of halogens is 2. The molecule has 0 spiro atoms. The molecule has 0 amide bonds. The number of nitrogens with zero attached hydrogens (tertiary/aromatic N) is 1. The van der Waals surface area contributed by atoms with Crippen molar-refractivity contribution in [1.82, 2.24) is 4.98 Å². The fourth-order valence-corrected chi connectivity index (χ4v) is 3.01. The Morgan fingerprint density at radius 1 is 1.08 bits per heavy atom. The minimum atomic E-state index is -3.48. The van der Waals surface area contributed by atoms with Crippen molar-refractivity contribution >= 4 is 15.5 Å². The predicted molar refractivity (Wildman–Crippen MR) is 89.9 cm³/mol. The minimum Gasteiger partial charge on any atom is -0.380 e. The van der Waals surface area contributed by atoms with Crippen LogP contribution in [0.2, 0.25) is 0 Å². The molecule has 0 unspecified atom stereocenters. The van der Waals surface area contributed by atoms with Crippen LogP contribution in [-0.2, 0) is 16.4 Å². The first-order valence-electron chi connectivity index (χ1n) is 7.43. The summed E-state index contributed by atoms with van der Waals surface area (Å²) >= 11 is 0. The molecular formula is C17H20F2N2O2S. The Bertz CT molecular complexity index is 781. The zero-order valence-electron chi connectivity index (χ0n) is 13.8. The van der Waals surface area contributed by atoms with Gasteiger partial charge in [0.15, 0.2) is 14.9 Å². The Balaban J connectivity index is 2.05. The lowest BCUT2D eigenvalue weighted by Crippen LogP contribution is -2.28. The van der Waals surface area contributed by atoms with Crippen LogP contribution in [0.4, 0.5) is 14.5 Å². The summed E-state index contributed by atoms with van der Waals surface area (Å²) in [6.45, 7) is 5.30. The number of alkyl halides is 2. The van der Waals surface area contributed by atoms with E-state index in [1.54, 1.807) is 39.0 Å². The van der Waals surface area contributed by atoms with E-state index in [1.165, 1.54) is 24.4 Å². The molecule has 24 heavy (non-hydrogen) atoms. The van der Waals surface area contributed by atoms with Gasteiger partial charge >= 0.3 is 0 Å². The van der Waals surface area contributed by atoms with Gasteiger partial charge in [0.25, 0.3) is 6.43 Å². The summed E-state index contributed by atoms with van der Waals surface area (Å²) in [7, 11) is -3.48. The summed E-state index contributed by atoms with van der Waals surface area (Å²) in [5.74, 6) is 0. The molecule has 4 nitrogen and oxygen atoms in total.